The number of Topliss-reactive ketones (excluding diaryl/α,β-unsaturated/α-hetero) is 1. The maximum absolute atomic E-state index is 11.8. The summed E-state index contributed by atoms with van der Waals surface area (Å²) in [5.41, 5.74) is 2.00. The lowest BCUT2D eigenvalue weighted by Gasteiger charge is -2.21. The second-order valence-corrected chi connectivity index (χ2v) is 4.24. The predicted molar refractivity (Wildman–Crippen MR) is 69.2 cm³/mol. The average Bonchev–Trinajstić information content (AvgIpc) is 2.30. The molecular formula is C14H21NO. The summed E-state index contributed by atoms with van der Waals surface area (Å²) in [6.07, 6.45) is 0. The minimum absolute atomic E-state index is 0.0688. The van der Waals surface area contributed by atoms with Crippen LogP contribution in [-0.4, -0.2) is 18.9 Å². The minimum atomic E-state index is 0.0688. The molecule has 0 saturated heterocycles. The summed E-state index contributed by atoms with van der Waals surface area (Å²) in [6, 6.07) is 7.91. The summed E-state index contributed by atoms with van der Waals surface area (Å²) in [7, 11) is 0. The maximum atomic E-state index is 11.8. The Morgan fingerprint density at radius 1 is 1.12 bits per heavy atom. The summed E-state index contributed by atoms with van der Waals surface area (Å²) >= 11 is 0. The highest BCUT2D eigenvalue weighted by Crippen LogP contribution is 2.16. The van der Waals surface area contributed by atoms with Gasteiger partial charge in [0, 0.05) is 30.3 Å². The van der Waals surface area contributed by atoms with Crippen LogP contribution in [0.1, 0.15) is 38.1 Å². The first-order chi connectivity index (χ1) is 7.60. The number of benzene rings is 1. The van der Waals surface area contributed by atoms with Crippen molar-refractivity contribution in [3.63, 3.8) is 0 Å². The molecule has 0 amide bonds. The van der Waals surface area contributed by atoms with Gasteiger partial charge < -0.3 is 4.90 Å². The third-order valence-electron chi connectivity index (χ3n) is 2.80. The lowest BCUT2D eigenvalue weighted by atomic mass is 10.0. The number of hydrogen-bond donors (Lipinski definition) is 0. The average molecular weight is 219 g/mol. The molecule has 1 aromatic rings. The van der Waals surface area contributed by atoms with Gasteiger partial charge >= 0.3 is 0 Å². The molecule has 0 aliphatic heterocycles. The molecule has 1 aromatic carbocycles. The Labute approximate surface area is 98.3 Å². The first-order valence-corrected chi connectivity index (χ1v) is 5.99. The molecule has 0 heterocycles. The fourth-order valence-electron chi connectivity index (χ4n) is 1.76. The van der Waals surface area contributed by atoms with Gasteiger partial charge in [-0.2, -0.15) is 0 Å². The molecule has 16 heavy (non-hydrogen) atoms. The molecule has 0 N–H and O–H groups in total. The highest BCUT2D eigenvalue weighted by molar-refractivity contribution is 5.97. The second-order valence-electron chi connectivity index (χ2n) is 4.24. The van der Waals surface area contributed by atoms with Crippen molar-refractivity contribution >= 4 is 11.5 Å². The number of anilines is 1. The van der Waals surface area contributed by atoms with Gasteiger partial charge in [0.25, 0.3) is 0 Å². The molecule has 0 bridgehead atoms. The van der Waals surface area contributed by atoms with Gasteiger partial charge in [-0.05, 0) is 38.1 Å². The zero-order valence-electron chi connectivity index (χ0n) is 10.7. The molecule has 0 atom stereocenters. The van der Waals surface area contributed by atoms with Crippen LogP contribution >= 0.6 is 0 Å². The van der Waals surface area contributed by atoms with Crippen molar-refractivity contribution in [2.24, 2.45) is 5.92 Å². The number of rotatable bonds is 5. The van der Waals surface area contributed by atoms with Gasteiger partial charge in [-0.15, -0.1) is 0 Å². The van der Waals surface area contributed by atoms with Crippen molar-refractivity contribution in [1.29, 1.82) is 0 Å². The minimum Gasteiger partial charge on any atom is -0.372 e. The normalized spacial score (nSPS) is 10.6. The lowest BCUT2D eigenvalue weighted by Crippen LogP contribution is -2.21. The molecule has 0 spiro atoms. The number of carbonyl (C=O) groups excluding carboxylic acids is 1. The van der Waals surface area contributed by atoms with E-state index < -0.39 is 0 Å². The smallest absolute Gasteiger partial charge is 0.165 e. The van der Waals surface area contributed by atoms with E-state index in [1.807, 2.05) is 38.1 Å². The van der Waals surface area contributed by atoms with Crippen LogP contribution in [0.2, 0.25) is 0 Å². The third-order valence-corrected chi connectivity index (χ3v) is 2.80. The highest BCUT2D eigenvalue weighted by atomic mass is 16.1. The fourth-order valence-corrected chi connectivity index (χ4v) is 1.76. The molecule has 2 heteroatoms. The van der Waals surface area contributed by atoms with Gasteiger partial charge in [-0.25, -0.2) is 0 Å². The molecule has 1 rings (SSSR count). The zero-order chi connectivity index (χ0) is 12.1. The highest BCUT2D eigenvalue weighted by Gasteiger charge is 2.10. The standard InChI is InChI=1S/C14H21NO/c1-5-15(6-2)13-9-7-12(8-10-13)14(16)11(3)4/h7-11H,5-6H2,1-4H3. The van der Waals surface area contributed by atoms with Gasteiger partial charge in [0.15, 0.2) is 5.78 Å². The Hall–Kier alpha value is -1.31. The molecule has 0 saturated carbocycles. The van der Waals surface area contributed by atoms with Crippen molar-refractivity contribution in [3.8, 4) is 0 Å². The second kappa shape index (κ2) is 5.69. The van der Waals surface area contributed by atoms with Crippen LogP contribution in [0.4, 0.5) is 5.69 Å². The summed E-state index contributed by atoms with van der Waals surface area (Å²) in [4.78, 5) is 14.0. The van der Waals surface area contributed by atoms with Crippen molar-refractivity contribution in [1.82, 2.24) is 0 Å². The summed E-state index contributed by atoms with van der Waals surface area (Å²) in [5, 5.41) is 0. The Morgan fingerprint density at radius 3 is 2.00 bits per heavy atom. The topological polar surface area (TPSA) is 20.3 Å². The van der Waals surface area contributed by atoms with E-state index in [4.69, 9.17) is 0 Å². The predicted octanol–water partition coefficient (Wildman–Crippen LogP) is 3.37. The van der Waals surface area contributed by atoms with Gasteiger partial charge in [0.1, 0.15) is 0 Å². The molecule has 0 aliphatic rings. The van der Waals surface area contributed by atoms with E-state index in [-0.39, 0.29) is 11.7 Å². The Morgan fingerprint density at radius 2 is 1.62 bits per heavy atom. The lowest BCUT2D eigenvalue weighted by molar-refractivity contribution is 0.0939. The number of nitrogens with zero attached hydrogens (tertiary/aromatic N) is 1. The molecule has 0 aliphatic carbocycles. The van der Waals surface area contributed by atoms with Gasteiger partial charge in [-0.3, -0.25) is 4.79 Å². The third kappa shape index (κ3) is 2.84. The van der Waals surface area contributed by atoms with E-state index in [1.165, 1.54) is 5.69 Å². The van der Waals surface area contributed by atoms with Crippen LogP contribution < -0.4 is 4.90 Å². The SMILES string of the molecule is CCN(CC)c1ccc(C(=O)C(C)C)cc1. The summed E-state index contributed by atoms with van der Waals surface area (Å²) in [6.45, 7) is 10.1. The zero-order valence-corrected chi connectivity index (χ0v) is 10.7. The van der Waals surface area contributed by atoms with Crippen LogP contribution in [0.25, 0.3) is 0 Å². The van der Waals surface area contributed by atoms with Crippen LogP contribution in [0, 0.1) is 5.92 Å². The molecule has 0 unspecified atom stereocenters. The van der Waals surface area contributed by atoms with Crippen LogP contribution in [0.3, 0.4) is 0 Å². The Balaban J connectivity index is 2.86. The Kier molecular flexibility index (Phi) is 4.53. The molecule has 2 nitrogen and oxygen atoms in total. The fraction of sp³-hybridized carbons (Fsp3) is 0.500. The quantitative estimate of drug-likeness (QED) is 0.708. The van der Waals surface area contributed by atoms with Crippen molar-refractivity contribution in [3.05, 3.63) is 29.8 Å². The molecule has 0 fully saturated rings. The van der Waals surface area contributed by atoms with Gasteiger partial charge in [0.2, 0.25) is 0 Å². The first-order valence-electron chi connectivity index (χ1n) is 5.99. The van der Waals surface area contributed by atoms with Crippen molar-refractivity contribution in [2.45, 2.75) is 27.7 Å². The van der Waals surface area contributed by atoms with Crippen molar-refractivity contribution in [2.75, 3.05) is 18.0 Å². The molecule has 88 valence electrons. The monoisotopic (exact) mass is 219 g/mol. The van der Waals surface area contributed by atoms with E-state index in [0.717, 1.165) is 18.7 Å². The van der Waals surface area contributed by atoms with Crippen LogP contribution in [0.5, 0.6) is 0 Å². The van der Waals surface area contributed by atoms with E-state index in [2.05, 4.69) is 18.7 Å². The molecular weight excluding hydrogens is 198 g/mol. The van der Waals surface area contributed by atoms with Crippen LogP contribution in [-0.2, 0) is 0 Å². The number of ketones is 1. The number of carbonyl (C=O) groups is 1. The summed E-state index contributed by atoms with van der Waals surface area (Å²) < 4.78 is 0. The molecule has 0 aromatic heterocycles. The van der Waals surface area contributed by atoms with E-state index in [0.29, 0.717) is 0 Å². The van der Waals surface area contributed by atoms with E-state index >= 15 is 0 Å². The Bertz CT molecular complexity index is 336. The van der Waals surface area contributed by atoms with E-state index in [1.54, 1.807) is 0 Å². The largest absolute Gasteiger partial charge is 0.372 e. The van der Waals surface area contributed by atoms with Crippen LogP contribution in [0.15, 0.2) is 24.3 Å². The molecule has 0 radical (unpaired) electrons. The summed E-state index contributed by atoms with van der Waals surface area (Å²) in [5.74, 6) is 0.283. The van der Waals surface area contributed by atoms with Gasteiger partial charge in [0.05, 0.1) is 0 Å². The van der Waals surface area contributed by atoms with Crippen molar-refractivity contribution < 1.29 is 4.79 Å². The van der Waals surface area contributed by atoms with Gasteiger partial charge in [-0.1, -0.05) is 13.8 Å². The van der Waals surface area contributed by atoms with E-state index in [9.17, 15) is 4.79 Å². The number of hydrogen-bond acceptors (Lipinski definition) is 2. The maximum Gasteiger partial charge on any atom is 0.165 e. The first kappa shape index (κ1) is 12.8.